The third kappa shape index (κ3) is 2.42. The summed E-state index contributed by atoms with van der Waals surface area (Å²) < 4.78 is 0. The molecule has 0 fully saturated rings. The molecule has 0 spiro atoms. The summed E-state index contributed by atoms with van der Waals surface area (Å²) in [6.07, 6.45) is 1.25. The van der Waals surface area contributed by atoms with Crippen LogP contribution in [-0.2, 0) is 0 Å². The van der Waals surface area contributed by atoms with E-state index in [0.29, 0.717) is 16.6 Å². The van der Waals surface area contributed by atoms with Crippen LogP contribution >= 0.6 is 0 Å². The molecule has 0 aliphatic heterocycles. The molecule has 1 aromatic carbocycles. The van der Waals surface area contributed by atoms with Gasteiger partial charge in [0.15, 0.2) is 5.57 Å². The predicted molar refractivity (Wildman–Crippen MR) is 74.6 cm³/mol. The molecule has 0 aliphatic carbocycles. The summed E-state index contributed by atoms with van der Waals surface area (Å²) in [7, 11) is 0. The number of rotatable bonds is 2. The van der Waals surface area contributed by atoms with Gasteiger partial charge in [-0.2, -0.15) is 15.8 Å². The highest BCUT2D eigenvalue weighted by Gasteiger charge is 2.12. The lowest BCUT2D eigenvalue weighted by atomic mass is 10.1. The summed E-state index contributed by atoms with van der Waals surface area (Å²) in [6, 6.07) is 8.37. The van der Waals surface area contributed by atoms with E-state index in [-0.39, 0.29) is 16.8 Å². The molecule has 0 radical (unpaired) electrons. The zero-order valence-electron chi connectivity index (χ0n) is 10.9. The van der Waals surface area contributed by atoms with Crippen LogP contribution in [0, 0.1) is 40.9 Å². The summed E-state index contributed by atoms with van der Waals surface area (Å²) in [4.78, 5) is 18.3. The van der Waals surface area contributed by atoms with Crippen molar-refractivity contribution in [2.24, 2.45) is 0 Å². The van der Waals surface area contributed by atoms with E-state index < -0.39 is 0 Å². The van der Waals surface area contributed by atoms with Crippen molar-refractivity contribution in [3.05, 3.63) is 45.6 Å². The van der Waals surface area contributed by atoms with Gasteiger partial charge in [0.1, 0.15) is 29.4 Å². The Kier molecular flexibility index (Phi) is 3.65. The average molecular weight is 276 g/mol. The highest BCUT2D eigenvalue weighted by molar-refractivity contribution is 5.92. The summed E-state index contributed by atoms with van der Waals surface area (Å²) >= 11 is 0. The van der Waals surface area contributed by atoms with Crippen LogP contribution in [0.4, 0.5) is 5.69 Å². The second-order valence-electron chi connectivity index (χ2n) is 4.10. The molecular weight excluding hydrogens is 268 g/mol. The zero-order chi connectivity index (χ0) is 15.4. The summed E-state index contributed by atoms with van der Waals surface area (Å²) in [5, 5.41) is 29.8. The van der Waals surface area contributed by atoms with Crippen molar-refractivity contribution in [3.63, 3.8) is 0 Å². The minimum absolute atomic E-state index is 0.183. The topological polar surface area (TPSA) is 129 Å². The second-order valence-corrected chi connectivity index (χ2v) is 4.10. The van der Waals surface area contributed by atoms with Gasteiger partial charge in [-0.05, 0) is 18.6 Å². The van der Waals surface area contributed by atoms with E-state index in [1.54, 1.807) is 37.3 Å². The Bertz CT molecular complexity index is 917. The highest BCUT2D eigenvalue weighted by Crippen LogP contribution is 2.25. The maximum absolute atomic E-state index is 11.7. The average Bonchev–Trinajstić information content (AvgIpc) is 2.49. The van der Waals surface area contributed by atoms with Crippen molar-refractivity contribution in [3.8, 4) is 18.2 Å². The molecule has 0 amide bonds. The van der Waals surface area contributed by atoms with Crippen LogP contribution in [0.3, 0.4) is 0 Å². The number of nitriles is 3. The van der Waals surface area contributed by atoms with Crippen molar-refractivity contribution in [2.75, 3.05) is 5.32 Å². The van der Waals surface area contributed by atoms with Gasteiger partial charge in [-0.1, -0.05) is 6.07 Å². The Hall–Kier alpha value is -3.63. The SMILES string of the molecule is Cc1ccc2c(=O)[nH]cnc2c1NC(C#N)=C(C#N)C#N. The Morgan fingerprint density at radius 3 is 2.57 bits per heavy atom. The number of hydrogen-bond donors (Lipinski definition) is 2. The Balaban J connectivity index is 2.72. The van der Waals surface area contributed by atoms with Crippen molar-refractivity contribution in [1.82, 2.24) is 9.97 Å². The number of benzene rings is 1. The minimum atomic E-state index is -0.334. The molecule has 2 N–H and O–H groups in total. The first-order valence-electron chi connectivity index (χ1n) is 5.81. The molecule has 100 valence electrons. The quantitative estimate of drug-likeness (QED) is 0.799. The molecule has 1 heterocycles. The Morgan fingerprint density at radius 2 is 1.95 bits per heavy atom. The van der Waals surface area contributed by atoms with Gasteiger partial charge in [-0.3, -0.25) is 4.79 Å². The van der Waals surface area contributed by atoms with Gasteiger partial charge in [0, 0.05) is 0 Å². The highest BCUT2D eigenvalue weighted by atomic mass is 16.1. The number of hydrogen-bond acceptors (Lipinski definition) is 6. The molecule has 2 rings (SSSR count). The van der Waals surface area contributed by atoms with Crippen LogP contribution < -0.4 is 10.9 Å². The van der Waals surface area contributed by atoms with E-state index in [4.69, 9.17) is 15.8 Å². The van der Waals surface area contributed by atoms with Gasteiger partial charge in [-0.25, -0.2) is 4.98 Å². The van der Waals surface area contributed by atoms with Crippen LogP contribution in [0.5, 0.6) is 0 Å². The van der Waals surface area contributed by atoms with E-state index in [9.17, 15) is 4.79 Å². The van der Waals surface area contributed by atoms with Crippen LogP contribution in [0.15, 0.2) is 34.5 Å². The molecule has 0 aliphatic rings. The number of nitrogens with zero attached hydrogens (tertiary/aromatic N) is 4. The lowest BCUT2D eigenvalue weighted by Gasteiger charge is -2.10. The number of aromatic amines is 1. The van der Waals surface area contributed by atoms with Gasteiger partial charge in [0.05, 0.1) is 17.4 Å². The largest absolute Gasteiger partial charge is 0.343 e. The first-order valence-corrected chi connectivity index (χ1v) is 5.81. The normalized spacial score (nSPS) is 9.24. The number of fused-ring (bicyclic) bond motifs is 1. The third-order valence-corrected chi connectivity index (χ3v) is 2.86. The lowest BCUT2D eigenvalue weighted by molar-refractivity contribution is 1.17. The van der Waals surface area contributed by atoms with Gasteiger partial charge in [0.2, 0.25) is 0 Å². The smallest absolute Gasteiger partial charge is 0.258 e. The fourth-order valence-corrected chi connectivity index (χ4v) is 1.81. The Morgan fingerprint density at radius 1 is 1.24 bits per heavy atom. The Labute approximate surface area is 119 Å². The molecule has 7 nitrogen and oxygen atoms in total. The van der Waals surface area contributed by atoms with E-state index >= 15 is 0 Å². The standard InChI is InChI=1S/C14H8N6O/c1-8-2-3-10-13(18-7-19-14(10)21)12(8)20-11(6-17)9(4-15)5-16/h2-3,7,20H,1H3,(H,18,19,21). The van der Waals surface area contributed by atoms with E-state index in [1.807, 2.05) is 0 Å². The number of nitrogens with one attached hydrogen (secondary N) is 2. The molecule has 0 atom stereocenters. The lowest BCUT2D eigenvalue weighted by Crippen LogP contribution is -2.09. The number of H-pyrrole nitrogens is 1. The molecule has 0 saturated carbocycles. The van der Waals surface area contributed by atoms with Crippen LogP contribution in [0.1, 0.15) is 5.56 Å². The first kappa shape index (κ1) is 13.8. The minimum Gasteiger partial charge on any atom is -0.343 e. The molecule has 0 bridgehead atoms. The van der Waals surface area contributed by atoms with Crippen molar-refractivity contribution in [2.45, 2.75) is 6.92 Å². The van der Waals surface area contributed by atoms with Crippen molar-refractivity contribution >= 4 is 16.6 Å². The zero-order valence-corrected chi connectivity index (χ0v) is 10.9. The van der Waals surface area contributed by atoms with Gasteiger partial charge in [0.25, 0.3) is 5.56 Å². The van der Waals surface area contributed by atoms with Crippen molar-refractivity contribution < 1.29 is 0 Å². The first-order chi connectivity index (χ1) is 10.1. The monoisotopic (exact) mass is 276 g/mol. The maximum atomic E-state index is 11.7. The molecular formula is C14H8N6O. The maximum Gasteiger partial charge on any atom is 0.258 e. The molecule has 1 aromatic heterocycles. The number of anilines is 1. The summed E-state index contributed by atoms with van der Waals surface area (Å²) in [5.41, 5.74) is 0.672. The van der Waals surface area contributed by atoms with Gasteiger partial charge >= 0.3 is 0 Å². The number of aryl methyl sites for hydroxylation is 1. The van der Waals surface area contributed by atoms with Crippen LogP contribution in [0.2, 0.25) is 0 Å². The summed E-state index contributed by atoms with van der Waals surface area (Å²) in [5.74, 6) is 0. The second kappa shape index (κ2) is 5.56. The third-order valence-electron chi connectivity index (χ3n) is 2.86. The van der Waals surface area contributed by atoms with Gasteiger partial charge < -0.3 is 10.3 Å². The van der Waals surface area contributed by atoms with E-state index in [1.165, 1.54) is 6.33 Å². The molecule has 7 heteroatoms. The van der Waals surface area contributed by atoms with Crippen LogP contribution in [0.25, 0.3) is 10.9 Å². The molecule has 0 saturated heterocycles. The fourth-order valence-electron chi connectivity index (χ4n) is 1.81. The molecule has 0 unspecified atom stereocenters. The fraction of sp³-hybridized carbons (Fsp3) is 0.0714. The van der Waals surface area contributed by atoms with Crippen molar-refractivity contribution in [1.29, 1.82) is 15.8 Å². The molecule has 21 heavy (non-hydrogen) atoms. The van der Waals surface area contributed by atoms with Gasteiger partial charge in [-0.15, -0.1) is 0 Å². The number of allylic oxidation sites excluding steroid dienone is 2. The number of aromatic nitrogens is 2. The molecule has 2 aromatic rings. The van der Waals surface area contributed by atoms with E-state index in [2.05, 4.69) is 15.3 Å². The summed E-state index contributed by atoms with van der Waals surface area (Å²) in [6.45, 7) is 1.76. The van der Waals surface area contributed by atoms with E-state index in [0.717, 1.165) is 5.56 Å². The predicted octanol–water partition coefficient (Wildman–Crippen LogP) is 1.47. The van der Waals surface area contributed by atoms with Crippen LogP contribution in [-0.4, -0.2) is 9.97 Å².